The number of nitrogens with one attached hydrogen (secondary N) is 2. The molecule has 3 rings (SSSR count). The van der Waals surface area contributed by atoms with Crippen LogP contribution in [0.2, 0.25) is 5.02 Å². The number of hydrogen-bond donors (Lipinski definition) is 3. The van der Waals surface area contributed by atoms with E-state index in [0.29, 0.717) is 27.7 Å². The second-order valence-electron chi connectivity index (χ2n) is 6.59. The van der Waals surface area contributed by atoms with Gasteiger partial charge < -0.3 is 25.8 Å². The lowest BCUT2D eigenvalue weighted by Crippen LogP contribution is -2.21. The quantitative estimate of drug-likeness (QED) is 0.367. The van der Waals surface area contributed by atoms with Crippen molar-refractivity contribution in [3.05, 3.63) is 82.9 Å². The second-order valence-corrected chi connectivity index (χ2v) is 7.02. The Bertz CT molecular complexity index is 1150. The Labute approximate surface area is 189 Å². The van der Waals surface area contributed by atoms with Crippen molar-refractivity contribution in [2.24, 2.45) is 0 Å². The molecule has 0 saturated carbocycles. The van der Waals surface area contributed by atoms with E-state index < -0.39 is 18.5 Å². The van der Waals surface area contributed by atoms with E-state index in [1.165, 1.54) is 19.2 Å². The number of esters is 1. The highest BCUT2D eigenvalue weighted by atomic mass is 35.5. The van der Waals surface area contributed by atoms with Crippen molar-refractivity contribution in [2.75, 3.05) is 30.1 Å². The zero-order chi connectivity index (χ0) is 23.1. The van der Waals surface area contributed by atoms with E-state index in [0.717, 1.165) is 0 Å². The number of para-hydroxylation sites is 2. The maximum atomic E-state index is 12.4. The summed E-state index contributed by atoms with van der Waals surface area (Å²) in [5.41, 5.74) is 7.36. The number of benzene rings is 3. The molecular weight excluding hydrogens is 434 g/mol. The molecule has 0 aromatic heterocycles. The molecule has 0 heterocycles. The summed E-state index contributed by atoms with van der Waals surface area (Å²) in [7, 11) is 1.52. The Kier molecular flexibility index (Phi) is 7.30. The summed E-state index contributed by atoms with van der Waals surface area (Å²) < 4.78 is 10.2. The van der Waals surface area contributed by atoms with Crippen LogP contribution in [0.3, 0.4) is 0 Å². The monoisotopic (exact) mass is 453 g/mol. The number of ether oxygens (including phenoxy) is 2. The molecule has 3 aromatic carbocycles. The minimum absolute atomic E-state index is 0.0794. The van der Waals surface area contributed by atoms with Gasteiger partial charge in [-0.15, -0.1) is 0 Å². The molecule has 0 spiro atoms. The van der Waals surface area contributed by atoms with E-state index in [4.69, 9.17) is 26.8 Å². The summed E-state index contributed by atoms with van der Waals surface area (Å²) in [4.78, 5) is 36.6. The lowest BCUT2D eigenvalue weighted by atomic mass is 10.2. The van der Waals surface area contributed by atoms with Crippen LogP contribution in [0.15, 0.2) is 66.7 Å². The first-order chi connectivity index (χ1) is 15.4. The van der Waals surface area contributed by atoms with Gasteiger partial charge in [-0.2, -0.15) is 0 Å². The van der Waals surface area contributed by atoms with Gasteiger partial charge in [-0.3, -0.25) is 9.59 Å². The van der Waals surface area contributed by atoms with E-state index in [1.807, 2.05) is 0 Å². The van der Waals surface area contributed by atoms with Crippen molar-refractivity contribution in [1.82, 2.24) is 0 Å². The lowest BCUT2D eigenvalue weighted by Gasteiger charge is -2.11. The number of halogens is 1. The first-order valence-electron chi connectivity index (χ1n) is 9.44. The minimum atomic E-state index is -0.761. The van der Waals surface area contributed by atoms with Crippen LogP contribution in [0.25, 0.3) is 0 Å². The number of rotatable bonds is 7. The Hall–Kier alpha value is -4.04. The number of nitrogens with two attached hydrogens (primary N) is 1. The molecule has 0 fully saturated rings. The molecule has 3 aromatic rings. The molecule has 0 atom stereocenters. The summed E-state index contributed by atoms with van der Waals surface area (Å²) in [5, 5.41) is 5.67. The predicted octanol–water partition coefficient (Wildman–Crippen LogP) is 3.98. The summed E-state index contributed by atoms with van der Waals surface area (Å²) in [5.74, 6) is -1.10. The predicted molar refractivity (Wildman–Crippen MR) is 122 cm³/mol. The van der Waals surface area contributed by atoms with E-state index in [1.54, 1.807) is 54.6 Å². The van der Waals surface area contributed by atoms with Gasteiger partial charge in [0.25, 0.3) is 11.8 Å². The number of hydrogen-bond acceptors (Lipinski definition) is 6. The molecule has 0 aliphatic carbocycles. The molecule has 0 radical (unpaired) electrons. The average molecular weight is 454 g/mol. The number of anilines is 3. The molecule has 2 amide bonds. The fourth-order valence-electron chi connectivity index (χ4n) is 2.76. The fraction of sp³-hybridized carbons (Fsp3) is 0.0870. The molecule has 4 N–H and O–H groups in total. The highest BCUT2D eigenvalue weighted by Gasteiger charge is 2.14. The smallest absolute Gasteiger partial charge is 0.340 e. The SMILES string of the molecule is COc1ccccc1NC(=O)c1ccc(NC(=O)COC(=O)c2cc(Cl)ccc2N)cc1. The topological polar surface area (TPSA) is 120 Å². The van der Waals surface area contributed by atoms with Crippen LogP contribution in [-0.4, -0.2) is 31.5 Å². The van der Waals surface area contributed by atoms with Crippen molar-refractivity contribution in [3.63, 3.8) is 0 Å². The standard InChI is InChI=1S/C23H20ClN3O5/c1-31-20-5-3-2-4-19(20)27-22(29)14-6-9-16(10-7-14)26-21(28)13-32-23(30)17-12-15(24)8-11-18(17)25/h2-12H,13,25H2,1H3,(H,26,28)(H,27,29). The lowest BCUT2D eigenvalue weighted by molar-refractivity contribution is -0.119. The van der Waals surface area contributed by atoms with Gasteiger partial charge in [0.2, 0.25) is 0 Å². The van der Waals surface area contributed by atoms with Crippen LogP contribution < -0.4 is 21.1 Å². The first kappa shape index (κ1) is 22.6. The maximum absolute atomic E-state index is 12.4. The Morgan fingerprint density at radius 1 is 0.969 bits per heavy atom. The Balaban J connectivity index is 1.54. The van der Waals surface area contributed by atoms with Gasteiger partial charge in [-0.1, -0.05) is 23.7 Å². The first-order valence-corrected chi connectivity index (χ1v) is 9.81. The molecule has 0 bridgehead atoms. The van der Waals surface area contributed by atoms with Crippen LogP contribution in [-0.2, 0) is 9.53 Å². The summed E-state index contributed by atoms with van der Waals surface area (Å²) in [6, 6.07) is 17.7. The van der Waals surface area contributed by atoms with Crippen molar-refractivity contribution >= 4 is 46.4 Å². The Morgan fingerprint density at radius 2 is 1.69 bits per heavy atom. The molecule has 8 nitrogen and oxygen atoms in total. The van der Waals surface area contributed by atoms with Crippen LogP contribution in [0.5, 0.6) is 5.75 Å². The normalized spacial score (nSPS) is 10.2. The van der Waals surface area contributed by atoms with Crippen molar-refractivity contribution in [1.29, 1.82) is 0 Å². The van der Waals surface area contributed by atoms with E-state index in [2.05, 4.69) is 10.6 Å². The average Bonchev–Trinajstić information content (AvgIpc) is 2.80. The zero-order valence-corrected chi connectivity index (χ0v) is 17.8. The van der Waals surface area contributed by atoms with E-state index in [-0.39, 0.29) is 17.2 Å². The number of nitrogen functional groups attached to an aromatic ring is 1. The second kappa shape index (κ2) is 10.3. The third-order valence-electron chi connectivity index (χ3n) is 4.36. The molecule has 0 aliphatic rings. The molecular formula is C23H20ClN3O5. The summed E-state index contributed by atoms with van der Waals surface area (Å²) in [6.45, 7) is -0.513. The number of carbonyl (C=O) groups is 3. The van der Waals surface area contributed by atoms with Crippen molar-refractivity contribution in [3.8, 4) is 5.75 Å². The molecule has 164 valence electrons. The van der Waals surface area contributed by atoms with Gasteiger partial charge in [-0.05, 0) is 54.6 Å². The third kappa shape index (κ3) is 5.77. The maximum Gasteiger partial charge on any atom is 0.340 e. The largest absolute Gasteiger partial charge is 0.495 e. The van der Waals surface area contributed by atoms with Gasteiger partial charge in [0, 0.05) is 22.0 Å². The van der Waals surface area contributed by atoms with Crippen LogP contribution in [0, 0.1) is 0 Å². The van der Waals surface area contributed by atoms with Gasteiger partial charge >= 0.3 is 5.97 Å². The highest BCUT2D eigenvalue weighted by molar-refractivity contribution is 6.31. The molecule has 0 aliphatic heterocycles. The van der Waals surface area contributed by atoms with Crippen molar-refractivity contribution < 1.29 is 23.9 Å². The van der Waals surface area contributed by atoms with Crippen molar-refractivity contribution in [2.45, 2.75) is 0 Å². The van der Waals surface area contributed by atoms with Gasteiger partial charge in [0.15, 0.2) is 6.61 Å². The fourth-order valence-corrected chi connectivity index (χ4v) is 2.93. The minimum Gasteiger partial charge on any atom is -0.495 e. The molecule has 0 unspecified atom stereocenters. The van der Waals surface area contributed by atoms with Crippen LogP contribution in [0.1, 0.15) is 20.7 Å². The summed E-state index contributed by atoms with van der Waals surface area (Å²) in [6.07, 6.45) is 0. The molecule has 0 saturated heterocycles. The van der Waals surface area contributed by atoms with Gasteiger partial charge in [0.05, 0.1) is 18.4 Å². The van der Waals surface area contributed by atoms with Crippen LogP contribution >= 0.6 is 11.6 Å². The van der Waals surface area contributed by atoms with E-state index >= 15 is 0 Å². The Morgan fingerprint density at radius 3 is 2.41 bits per heavy atom. The third-order valence-corrected chi connectivity index (χ3v) is 4.59. The number of methoxy groups -OCH3 is 1. The van der Waals surface area contributed by atoms with E-state index in [9.17, 15) is 14.4 Å². The molecule has 32 heavy (non-hydrogen) atoms. The number of carbonyl (C=O) groups excluding carboxylic acids is 3. The highest BCUT2D eigenvalue weighted by Crippen LogP contribution is 2.24. The van der Waals surface area contributed by atoms with Gasteiger partial charge in [-0.25, -0.2) is 4.79 Å². The summed E-state index contributed by atoms with van der Waals surface area (Å²) >= 11 is 5.85. The van der Waals surface area contributed by atoms with Gasteiger partial charge in [0.1, 0.15) is 5.75 Å². The molecule has 9 heteroatoms. The number of amides is 2. The van der Waals surface area contributed by atoms with Crippen LogP contribution in [0.4, 0.5) is 17.1 Å². The zero-order valence-electron chi connectivity index (χ0n) is 17.1.